The van der Waals surface area contributed by atoms with E-state index in [1.807, 2.05) is 0 Å². The summed E-state index contributed by atoms with van der Waals surface area (Å²) in [5.41, 5.74) is 1.22. The van der Waals surface area contributed by atoms with Crippen molar-refractivity contribution < 1.29 is 19.4 Å². The largest absolute Gasteiger partial charge is 0.449 e. The standard InChI is InChI=1S/C14H17NO4/c1-10(17)12-3-2-4-13(7-12)15-8-11(5-6-16)9-19-14(15)18/h2-4,7,11,16H,5-6,8-9H2,1H3. The fourth-order valence-corrected chi connectivity index (χ4v) is 2.11. The van der Waals surface area contributed by atoms with Crippen LogP contribution in [0.1, 0.15) is 23.7 Å². The summed E-state index contributed by atoms with van der Waals surface area (Å²) in [5, 5.41) is 8.95. The van der Waals surface area contributed by atoms with Crippen LogP contribution in [0.2, 0.25) is 0 Å². The average molecular weight is 263 g/mol. The summed E-state index contributed by atoms with van der Waals surface area (Å²) in [6.07, 6.45) is 0.186. The van der Waals surface area contributed by atoms with Crippen LogP contribution in [0.3, 0.4) is 0 Å². The molecule has 5 heteroatoms. The number of anilines is 1. The summed E-state index contributed by atoms with van der Waals surface area (Å²) >= 11 is 0. The molecule has 1 amide bonds. The Labute approximate surface area is 111 Å². The highest BCUT2D eigenvalue weighted by atomic mass is 16.6. The summed E-state index contributed by atoms with van der Waals surface area (Å²) in [7, 11) is 0. The van der Waals surface area contributed by atoms with Gasteiger partial charge in [-0.05, 0) is 25.5 Å². The number of rotatable bonds is 4. The number of ether oxygens (including phenoxy) is 1. The van der Waals surface area contributed by atoms with Crippen LogP contribution in [-0.2, 0) is 4.74 Å². The minimum atomic E-state index is -0.408. The number of hydrogen-bond acceptors (Lipinski definition) is 4. The molecule has 1 saturated heterocycles. The quantitative estimate of drug-likeness (QED) is 0.842. The third-order valence-corrected chi connectivity index (χ3v) is 3.21. The van der Waals surface area contributed by atoms with Crippen molar-refractivity contribution in [2.75, 3.05) is 24.7 Å². The molecule has 1 heterocycles. The highest BCUT2D eigenvalue weighted by Gasteiger charge is 2.28. The van der Waals surface area contributed by atoms with Crippen LogP contribution in [0.25, 0.3) is 0 Å². The van der Waals surface area contributed by atoms with E-state index in [1.54, 1.807) is 24.3 Å². The molecular weight excluding hydrogens is 246 g/mol. The molecule has 1 aliphatic rings. The van der Waals surface area contributed by atoms with Gasteiger partial charge in [0.15, 0.2) is 5.78 Å². The molecule has 0 bridgehead atoms. The van der Waals surface area contributed by atoms with Gasteiger partial charge >= 0.3 is 6.09 Å². The second-order valence-electron chi connectivity index (χ2n) is 4.67. The van der Waals surface area contributed by atoms with Crippen LogP contribution in [0.4, 0.5) is 10.5 Å². The number of cyclic esters (lactones) is 1. The monoisotopic (exact) mass is 263 g/mol. The Kier molecular flexibility index (Phi) is 4.16. The molecule has 1 fully saturated rings. The van der Waals surface area contributed by atoms with Gasteiger partial charge in [0.1, 0.15) is 0 Å². The summed E-state index contributed by atoms with van der Waals surface area (Å²) in [5.74, 6) is 0.0721. The number of hydrogen-bond donors (Lipinski definition) is 1. The highest BCUT2D eigenvalue weighted by Crippen LogP contribution is 2.23. The normalized spacial score (nSPS) is 19.2. The number of aliphatic hydroxyl groups is 1. The molecule has 1 atom stereocenters. The molecule has 1 aliphatic heterocycles. The van der Waals surface area contributed by atoms with E-state index in [2.05, 4.69) is 0 Å². The number of ketones is 1. The lowest BCUT2D eigenvalue weighted by Gasteiger charge is -2.32. The minimum absolute atomic E-state index is 0.0425. The van der Waals surface area contributed by atoms with Crippen molar-refractivity contribution in [2.24, 2.45) is 5.92 Å². The molecule has 0 radical (unpaired) electrons. The molecule has 1 aromatic rings. The maximum Gasteiger partial charge on any atom is 0.414 e. The predicted molar refractivity (Wildman–Crippen MR) is 70.3 cm³/mol. The Morgan fingerprint density at radius 2 is 2.32 bits per heavy atom. The zero-order valence-electron chi connectivity index (χ0n) is 10.8. The van der Waals surface area contributed by atoms with Gasteiger partial charge in [-0.1, -0.05) is 12.1 Å². The lowest BCUT2D eigenvalue weighted by atomic mass is 10.0. The van der Waals surface area contributed by atoms with E-state index in [0.717, 1.165) is 0 Å². The van der Waals surface area contributed by atoms with E-state index in [0.29, 0.717) is 30.8 Å². The minimum Gasteiger partial charge on any atom is -0.449 e. The van der Waals surface area contributed by atoms with Crippen LogP contribution < -0.4 is 4.90 Å². The second-order valence-corrected chi connectivity index (χ2v) is 4.67. The molecule has 102 valence electrons. The first kappa shape index (κ1) is 13.5. The van der Waals surface area contributed by atoms with Gasteiger partial charge in [0.05, 0.1) is 6.61 Å². The topological polar surface area (TPSA) is 66.8 Å². The van der Waals surface area contributed by atoms with Crippen molar-refractivity contribution in [3.63, 3.8) is 0 Å². The maximum absolute atomic E-state index is 11.8. The molecular formula is C14H17NO4. The second kappa shape index (κ2) is 5.84. The average Bonchev–Trinajstić information content (AvgIpc) is 2.41. The molecule has 1 aromatic carbocycles. The Morgan fingerprint density at radius 1 is 1.53 bits per heavy atom. The number of carbonyl (C=O) groups excluding carboxylic acids is 2. The van der Waals surface area contributed by atoms with Gasteiger partial charge in [-0.3, -0.25) is 9.69 Å². The smallest absolute Gasteiger partial charge is 0.414 e. The first-order chi connectivity index (χ1) is 9.11. The zero-order valence-corrected chi connectivity index (χ0v) is 10.8. The van der Waals surface area contributed by atoms with Crippen molar-refractivity contribution in [3.05, 3.63) is 29.8 Å². The van der Waals surface area contributed by atoms with E-state index in [9.17, 15) is 9.59 Å². The third-order valence-electron chi connectivity index (χ3n) is 3.21. The molecule has 1 N–H and O–H groups in total. The summed E-state index contributed by atoms with van der Waals surface area (Å²) in [4.78, 5) is 24.7. The molecule has 0 spiro atoms. The fraction of sp³-hybridized carbons (Fsp3) is 0.429. The Balaban J connectivity index is 2.21. The van der Waals surface area contributed by atoms with Crippen LogP contribution >= 0.6 is 0 Å². The Bertz CT molecular complexity index is 486. The third kappa shape index (κ3) is 3.12. The van der Waals surface area contributed by atoms with Gasteiger partial charge in [-0.15, -0.1) is 0 Å². The number of carbonyl (C=O) groups is 2. The summed E-state index contributed by atoms with van der Waals surface area (Å²) in [6.45, 7) is 2.40. The number of Topliss-reactive ketones (excluding diaryl/α,β-unsaturated/α-hetero) is 1. The van der Waals surface area contributed by atoms with Gasteiger partial charge in [-0.25, -0.2) is 4.79 Å². The first-order valence-electron chi connectivity index (χ1n) is 6.28. The summed E-state index contributed by atoms with van der Waals surface area (Å²) < 4.78 is 5.10. The van der Waals surface area contributed by atoms with E-state index < -0.39 is 6.09 Å². The lowest BCUT2D eigenvalue weighted by molar-refractivity contribution is 0.101. The molecule has 0 saturated carbocycles. The fourth-order valence-electron chi connectivity index (χ4n) is 2.11. The number of aliphatic hydroxyl groups excluding tert-OH is 1. The first-order valence-corrected chi connectivity index (χ1v) is 6.28. The van der Waals surface area contributed by atoms with E-state index >= 15 is 0 Å². The van der Waals surface area contributed by atoms with Gasteiger partial charge in [0.2, 0.25) is 0 Å². The predicted octanol–water partition coefficient (Wildman–Crippen LogP) is 1.84. The SMILES string of the molecule is CC(=O)c1cccc(N2CC(CCO)COC2=O)c1. The van der Waals surface area contributed by atoms with Crippen LogP contribution in [0.5, 0.6) is 0 Å². The molecule has 5 nitrogen and oxygen atoms in total. The van der Waals surface area contributed by atoms with E-state index in [-0.39, 0.29) is 18.3 Å². The molecule has 2 rings (SSSR count). The van der Waals surface area contributed by atoms with Gasteiger partial charge < -0.3 is 9.84 Å². The molecule has 0 aliphatic carbocycles. The van der Waals surface area contributed by atoms with E-state index in [1.165, 1.54) is 11.8 Å². The highest BCUT2D eigenvalue weighted by molar-refractivity contribution is 5.96. The van der Waals surface area contributed by atoms with Gasteiger partial charge in [0, 0.05) is 30.3 Å². The summed E-state index contributed by atoms with van der Waals surface area (Å²) in [6, 6.07) is 6.92. The maximum atomic E-state index is 11.8. The van der Waals surface area contributed by atoms with Crippen LogP contribution in [0, 0.1) is 5.92 Å². The van der Waals surface area contributed by atoms with Crippen molar-refractivity contribution in [3.8, 4) is 0 Å². The van der Waals surface area contributed by atoms with Crippen LogP contribution in [0.15, 0.2) is 24.3 Å². The molecule has 1 unspecified atom stereocenters. The zero-order chi connectivity index (χ0) is 13.8. The number of amides is 1. The van der Waals surface area contributed by atoms with Crippen molar-refractivity contribution in [1.29, 1.82) is 0 Å². The van der Waals surface area contributed by atoms with Crippen molar-refractivity contribution in [1.82, 2.24) is 0 Å². The molecule has 19 heavy (non-hydrogen) atoms. The van der Waals surface area contributed by atoms with Gasteiger partial charge in [-0.2, -0.15) is 0 Å². The van der Waals surface area contributed by atoms with Crippen molar-refractivity contribution in [2.45, 2.75) is 13.3 Å². The van der Waals surface area contributed by atoms with Gasteiger partial charge in [0.25, 0.3) is 0 Å². The lowest BCUT2D eigenvalue weighted by Crippen LogP contribution is -2.43. The molecule has 0 aromatic heterocycles. The van der Waals surface area contributed by atoms with E-state index in [4.69, 9.17) is 9.84 Å². The van der Waals surface area contributed by atoms with Crippen molar-refractivity contribution >= 4 is 17.6 Å². The Morgan fingerprint density at radius 3 is 3.00 bits per heavy atom. The number of nitrogens with zero attached hydrogens (tertiary/aromatic N) is 1. The van der Waals surface area contributed by atoms with Crippen LogP contribution in [-0.4, -0.2) is 36.7 Å². The Hall–Kier alpha value is -1.88. The number of benzene rings is 1.